The minimum Gasteiger partial charge on any atom is -0.371 e. The van der Waals surface area contributed by atoms with Crippen molar-refractivity contribution in [3.63, 3.8) is 0 Å². The highest BCUT2D eigenvalue weighted by molar-refractivity contribution is 8.00. The molecule has 1 aliphatic heterocycles. The first-order valence-electron chi connectivity index (χ1n) is 13.8. The molecule has 214 valence electrons. The Labute approximate surface area is 249 Å². The molecule has 4 atom stereocenters. The van der Waals surface area contributed by atoms with E-state index in [1.54, 1.807) is 12.1 Å². The van der Waals surface area contributed by atoms with Gasteiger partial charge in [0, 0.05) is 54.1 Å². The summed E-state index contributed by atoms with van der Waals surface area (Å²) in [5, 5.41) is 19.7. The number of ether oxygens (including phenoxy) is 2. The molecule has 41 heavy (non-hydrogen) atoms. The molecule has 2 aromatic rings. The second kappa shape index (κ2) is 15.2. The van der Waals surface area contributed by atoms with Crippen molar-refractivity contribution in [3.8, 4) is 0 Å². The number of nitro groups is 1. The largest absolute Gasteiger partial charge is 0.371 e. The van der Waals surface area contributed by atoms with E-state index < -0.39 is 4.92 Å². The van der Waals surface area contributed by atoms with Gasteiger partial charge in [0.25, 0.3) is 5.69 Å². The topological polar surface area (TPSA) is 89.6 Å². The molecular weight excluding hydrogens is 556 g/mol. The molecule has 5 rings (SSSR count). The van der Waals surface area contributed by atoms with Gasteiger partial charge in [-0.15, -0.1) is 11.8 Å². The zero-order valence-electron chi connectivity index (χ0n) is 22.7. The molecular formula is C31H34N4O4S2. The zero-order valence-corrected chi connectivity index (χ0v) is 24.4. The van der Waals surface area contributed by atoms with Crippen LogP contribution in [-0.2, 0) is 9.47 Å². The number of nitro benzene ring substituents is 1. The Balaban J connectivity index is 1.25. The van der Waals surface area contributed by atoms with E-state index in [4.69, 9.17) is 9.47 Å². The third-order valence-corrected chi connectivity index (χ3v) is 9.30. The maximum atomic E-state index is 10.9. The molecule has 0 aromatic heterocycles. The van der Waals surface area contributed by atoms with E-state index in [0.717, 1.165) is 41.7 Å². The lowest BCUT2D eigenvalue weighted by molar-refractivity contribution is -0.384. The number of thioether (sulfide) groups is 2. The van der Waals surface area contributed by atoms with Gasteiger partial charge in [0.1, 0.15) is 0 Å². The van der Waals surface area contributed by atoms with Crippen LogP contribution in [0.4, 0.5) is 22.7 Å². The number of nitrogens with zero attached hydrogens (tertiary/aromatic N) is 4. The van der Waals surface area contributed by atoms with Gasteiger partial charge in [-0.05, 0) is 36.4 Å². The molecule has 4 unspecified atom stereocenters. The van der Waals surface area contributed by atoms with Gasteiger partial charge in [-0.25, -0.2) is 0 Å². The summed E-state index contributed by atoms with van der Waals surface area (Å²) in [5.41, 5.74) is 2.48. The molecule has 0 bridgehead atoms. The number of anilines is 1. The number of fused-ring (bicyclic) bond motifs is 2. The summed E-state index contributed by atoms with van der Waals surface area (Å²) in [7, 11) is 0. The normalized spacial score (nSPS) is 25.6. The van der Waals surface area contributed by atoms with Gasteiger partial charge < -0.3 is 14.4 Å². The van der Waals surface area contributed by atoms with Crippen LogP contribution in [0.3, 0.4) is 0 Å². The first-order chi connectivity index (χ1) is 20.2. The highest BCUT2D eigenvalue weighted by Crippen LogP contribution is 2.28. The number of azo groups is 1. The Morgan fingerprint density at radius 3 is 2.12 bits per heavy atom. The third-order valence-electron chi connectivity index (χ3n) is 6.98. The quantitative estimate of drug-likeness (QED) is 0.210. The highest BCUT2D eigenvalue weighted by atomic mass is 32.2. The van der Waals surface area contributed by atoms with Crippen molar-refractivity contribution in [2.24, 2.45) is 16.1 Å². The second-order valence-corrected chi connectivity index (χ2v) is 12.2. The minimum absolute atomic E-state index is 0.0344. The van der Waals surface area contributed by atoms with E-state index in [1.165, 1.54) is 12.1 Å². The van der Waals surface area contributed by atoms with E-state index in [2.05, 4.69) is 75.9 Å². The molecule has 3 aliphatic rings. The van der Waals surface area contributed by atoms with Crippen LogP contribution in [0.2, 0.25) is 0 Å². The summed E-state index contributed by atoms with van der Waals surface area (Å²) in [4.78, 5) is 12.9. The molecule has 0 radical (unpaired) electrons. The monoisotopic (exact) mass is 590 g/mol. The molecule has 2 aliphatic carbocycles. The van der Waals surface area contributed by atoms with Crippen LogP contribution in [0.15, 0.2) is 107 Å². The van der Waals surface area contributed by atoms with Crippen LogP contribution in [0.1, 0.15) is 0 Å². The molecule has 1 saturated heterocycles. The van der Waals surface area contributed by atoms with Gasteiger partial charge in [-0.2, -0.15) is 22.0 Å². The molecule has 2 aromatic carbocycles. The maximum absolute atomic E-state index is 10.9. The van der Waals surface area contributed by atoms with Crippen molar-refractivity contribution in [2.45, 2.75) is 17.5 Å². The van der Waals surface area contributed by atoms with E-state index in [0.29, 0.717) is 24.8 Å². The van der Waals surface area contributed by atoms with Crippen molar-refractivity contribution in [1.82, 2.24) is 0 Å². The van der Waals surface area contributed by atoms with Gasteiger partial charge in [0.2, 0.25) is 0 Å². The Kier molecular flexibility index (Phi) is 10.8. The van der Waals surface area contributed by atoms with Crippen LogP contribution < -0.4 is 4.90 Å². The number of allylic oxidation sites excluding steroid dienone is 4. The summed E-state index contributed by atoms with van der Waals surface area (Å²) < 4.78 is 12.4. The Bertz CT molecular complexity index is 1290. The standard InChI is InChI=1S/C31H34N4O4S2/c36-35(37)28-15-11-26(12-16-28)33-32-25-9-13-27(14-10-25)34-17-21-40-23-24-5-1-2-6-29(24)38-19-20-39-30-7-3-4-8-31(30)41-22-18-34/h1-16,24,29-31H,17-23H2. The minimum atomic E-state index is -0.426. The summed E-state index contributed by atoms with van der Waals surface area (Å²) in [6, 6.07) is 14.1. The van der Waals surface area contributed by atoms with E-state index in [1.807, 2.05) is 35.7 Å². The van der Waals surface area contributed by atoms with Crippen molar-refractivity contribution < 1.29 is 14.4 Å². The fourth-order valence-corrected chi connectivity index (χ4v) is 7.00. The van der Waals surface area contributed by atoms with Crippen molar-refractivity contribution in [1.29, 1.82) is 0 Å². The van der Waals surface area contributed by atoms with E-state index in [-0.39, 0.29) is 23.1 Å². The predicted molar refractivity (Wildman–Crippen MR) is 169 cm³/mol. The van der Waals surface area contributed by atoms with Crippen LogP contribution >= 0.6 is 23.5 Å². The smallest absolute Gasteiger partial charge is 0.269 e. The molecule has 1 fully saturated rings. The van der Waals surface area contributed by atoms with Gasteiger partial charge in [0.15, 0.2) is 0 Å². The number of benzene rings is 2. The summed E-state index contributed by atoms with van der Waals surface area (Å²) in [6.07, 6.45) is 17.3. The van der Waals surface area contributed by atoms with Gasteiger partial charge in [-0.1, -0.05) is 48.6 Å². The molecule has 1 heterocycles. The van der Waals surface area contributed by atoms with Crippen LogP contribution in [0.25, 0.3) is 0 Å². The molecule has 10 heteroatoms. The van der Waals surface area contributed by atoms with Gasteiger partial charge in [0.05, 0.1) is 47.0 Å². The average molecular weight is 591 g/mol. The Hall–Kier alpha value is -3.18. The molecule has 8 nitrogen and oxygen atoms in total. The fourth-order valence-electron chi connectivity index (χ4n) is 4.75. The lowest BCUT2D eigenvalue weighted by Gasteiger charge is -2.29. The molecule has 0 amide bonds. The second-order valence-electron chi connectivity index (χ2n) is 9.76. The lowest BCUT2D eigenvalue weighted by atomic mass is 10.00. The fraction of sp³-hybridized carbons (Fsp3) is 0.355. The Morgan fingerprint density at radius 2 is 1.39 bits per heavy atom. The first-order valence-corrected chi connectivity index (χ1v) is 16.0. The molecule has 0 saturated carbocycles. The van der Waals surface area contributed by atoms with Crippen molar-refractivity contribution in [3.05, 3.63) is 107 Å². The third kappa shape index (κ3) is 8.65. The summed E-state index contributed by atoms with van der Waals surface area (Å²) in [5.74, 6) is 3.36. The lowest BCUT2D eigenvalue weighted by Crippen LogP contribution is -2.32. The summed E-state index contributed by atoms with van der Waals surface area (Å²) in [6.45, 7) is 3.03. The van der Waals surface area contributed by atoms with Crippen molar-refractivity contribution in [2.75, 3.05) is 48.5 Å². The summed E-state index contributed by atoms with van der Waals surface area (Å²) >= 11 is 3.88. The number of hydrogen-bond acceptors (Lipinski definition) is 9. The number of rotatable bonds is 4. The van der Waals surface area contributed by atoms with Crippen LogP contribution in [-0.4, -0.2) is 65.9 Å². The van der Waals surface area contributed by atoms with Crippen LogP contribution in [0, 0.1) is 16.0 Å². The first kappa shape index (κ1) is 29.3. The number of hydrogen-bond donors (Lipinski definition) is 0. The highest BCUT2D eigenvalue weighted by Gasteiger charge is 2.23. The Morgan fingerprint density at radius 1 is 0.780 bits per heavy atom. The van der Waals surface area contributed by atoms with Gasteiger partial charge >= 0.3 is 0 Å². The average Bonchev–Trinajstić information content (AvgIpc) is 3.00. The SMILES string of the molecule is O=[N+]([O-])c1ccc(N=Nc2ccc(N3CCSCC4C=CC=CC4OCCOC4C=CC=CC4SCC3)cc2)cc1. The zero-order chi connectivity index (χ0) is 28.3. The predicted octanol–water partition coefficient (Wildman–Crippen LogP) is 7.30. The molecule has 0 spiro atoms. The van der Waals surface area contributed by atoms with E-state index >= 15 is 0 Å². The number of non-ortho nitro benzene ring substituents is 1. The van der Waals surface area contributed by atoms with Gasteiger partial charge in [-0.3, -0.25) is 10.1 Å². The van der Waals surface area contributed by atoms with E-state index in [9.17, 15) is 10.1 Å². The van der Waals surface area contributed by atoms with Crippen LogP contribution in [0.5, 0.6) is 0 Å². The van der Waals surface area contributed by atoms with Crippen molar-refractivity contribution >= 4 is 46.3 Å². The molecule has 0 N–H and O–H groups in total. The maximum Gasteiger partial charge on any atom is 0.269 e.